The number of nitrogens with one attached hydrogen (secondary N) is 1. The summed E-state index contributed by atoms with van der Waals surface area (Å²) in [7, 11) is 1.92. The summed E-state index contributed by atoms with van der Waals surface area (Å²) in [6.45, 7) is 0. The Hall–Kier alpha value is -1.48. The summed E-state index contributed by atoms with van der Waals surface area (Å²) in [5.41, 5.74) is 1.51. The highest BCUT2D eigenvalue weighted by molar-refractivity contribution is 5.85. The predicted octanol–water partition coefficient (Wildman–Crippen LogP) is 1.72. The van der Waals surface area contributed by atoms with Crippen LogP contribution in [0.15, 0.2) is 42.6 Å². The van der Waals surface area contributed by atoms with Crippen molar-refractivity contribution in [3.63, 3.8) is 0 Å². The molecule has 0 aliphatic heterocycles. The highest BCUT2D eigenvalue weighted by Gasteiger charge is 1.98. The zero-order valence-corrected chi connectivity index (χ0v) is 8.66. The molecule has 0 saturated carbocycles. The molecule has 0 spiro atoms. The van der Waals surface area contributed by atoms with Gasteiger partial charge in [-0.05, 0) is 18.2 Å². The summed E-state index contributed by atoms with van der Waals surface area (Å²) in [4.78, 5) is 0. The van der Waals surface area contributed by atoms with Gasteiger partial charge in [0.2, 0.25) is 0 Å². The molecule has 0 aliphatic rings. The normalized spacial score (nSPS) is 9.50. The molecule has 0 radical (unpaired) electrons. The van der Waals surface area contributed by atoms with Crippen molar-refractivity contribution in [3.8, 4) is 5.69 Å². The van der Waals surface area contributed by atoms with E-state index in [1.165, 1.54) is 0 Å². The van der Waals surface area contributed by atoms with E-state index in [4.69, 9.17) is 5.41 Å². The Kier molecular flexibility index (Phi) is 3.14. The van der Waals surface area contributed by atoms with Crippen LogP contribution in [0.1, 0.15) is 0 Å². The topological polar surface area (TPSA) is 33.7 Å². The van der Waals surface area contributed by atoms with Crippen LogP contribution in [-0.4, -0.2) is 9.36 Å². The van der Waals surface area contributed by atoms with Gasteiger partial charge in [0, 0.05) is 13.2 Å². The van der Waals surface area contributed by atoms with Gasteiger partial charge < -0.3 is 0 Å². The first-order valence-electron chi connectivity index (χ1n) is 4.14. The molecule has 1 heterocycles. The molecule has 3 nitrogen and oxygen atoms in total. The first-order chi connectivity index (χ1) is 6.29. The van der Waals surface area contributed by atoms with E-state index in [0.717, 1.165) is 5.69 Å². The molecular weight excluding hydrogens is 198 g/mol. The standard InChI is InChI=1S/C10H11N3.ClH/c1-12-8-7-10(11)13(12)9-5-3-2-4-6-9;/h2-8,11H,1H3;1H. The van der Waals surface area contributed by atoms with Gasteiger partial charge in [-0.2, -0.15) is 0 Å². The summed E-state index contributed by atoms with van der Waals surface area (Å²) in [5, 5.41) is 7.67. The Morgan fingerprint density at radius 2 is 1.71 bits per heavy atom. The fourth-order valence-corrected chi connectivity index (χ4v) is 1.38. The smallest absolute Gasteiger partial charge is 0.146 e. The van der Waals surface area contributed by atoms with Crippen LogP contribution in [0, 0.1) is 5.41 Å². The highest BCUT2D eigenvalue weighted by Crippen LogP contribution is 2.02. The van der Waals surface area contributed by atoms with Gasteiger partial charge in [0.15, 0.2) is 0 Å². The third kappa shape index (κ3) is 1.72. The van der Waals surface area contributed by atoms with Gasteiger partial charge in [-0.1, -0.05) is 18.2 Å². The summed E-state index contributed by atoms with van der Waals surface area (Å²) in [5.74, 6) is 0. The van der Waals surface area contributed by atoms with Gasteiger partial charge in [-0.15, -0.1) is 12.4 Å². The maximum Gasteiger partial charge on any atom is 0.146 e. The maximum atomic E-state index is 7.67. The van der Waals surface area contributed by atoms with E-state index >= 15 is 0 Å². The Morgan fingerprint density at radius 1 is 1.07 bits per heavy atom. The van der Waals surface area contributed by atoms with Gasteiger partial charge in [0.25, 0.3) is 0 Å². The summed E-state index contributed by atoms with van der Waals surface area (Å²) in [6, 6.07) is 11.6. The van der Waals surface area contributed by atoms with Crippen molar-refractivity contribution in [1.82, 2.24) is 9.36 Å². The number of aryl methyl sites for hydroxylation is 1. The van der Waals surface area contributed by atoms with E-state index in [-0.39, 0.29) is 12.4 Å². The second-order valence-electron chi connectivity index (χ2n) is 2.92. The van der Waals surface area contributed by atoms with E-state index in [0.29, 0.717) is 5.49 Å². The maximum absolute atomic E-state index is 7.67. The van der Waals surface area contributed by atoms with Gasteiger partial charge >= 0.3 is 0 Å². The van der Waals surface area contributed by atoms with Crippen molar-refractivity contribution < 1.29 is 0 Å². The Balaban J connectivity index is 0.000000980. The van der Waals surface area contributed by atoms with E-state index in [2.05, 4.69) is 0 Å². The minimum absolute atomic E-state index is 0. The Labute approximate surface area is 88.5 Å². The number of halogens is 1. The molecule has 0 bridgehead atoms. The number of nitrogens with zero attached hydrogens (tertiary/aromatic N) is 2. The average Bonchev–Trinajstić information content (AvgIpc) is 2.48. The fourth-order valence-electron chi connectivity index (χ4n) is 1.38. The zero-order chi connectivity index (χ0) is 9.26. The third-order valence-corrected chi connectivity index (χ3v) is 1.99. The molecule has 0 saturated heterocycles. The number of aromatic nitrogens is 2. The molecule has 0 atom stereocenters. The molecule has 1 aromatic carbocycles. The van der Waals surface area contributed by atoms with E-state index in [9.17, 15) is 0 Å². The quantitative estimate of drug-likeness (QED) is 0.742. The molecule has 0 fully saturated rings. The Morgan fingerprint density at radius 3 is 2.21 bits per heavy atom. The van der Waals surface area contributed by atoms with Crippen molar-refractivity contribution in [3.05, 3.63) is 48.1 Å². The molecule has 14 heavy (non-hydrogen) atoms. The van der Waals surface area contributed by atoms with Crippen molar-refractivity contribution >= 4 is 12.4 Å². The van der Waals surface area contributed by atoms with Crippen LogP contribution in [-0.2, 0) is 7.05 Å². The van der Waals surface area contributed by atoms with Crippen molar-refractivity contribution in [2.75, 3.05) is 0 Å². The number of rotatable bonds is 1. The first kappa shape index (κ1) is 10.6. The van der Waals surface area contributed by atoms with Crippen LogP contribution in [0.25, 0.3) is 5.69 Å². The lowest BCUT2D eigenvalue weighted by molar-refractivity contribution is 0.634. The highest BCUT2D eigenvalue weighted by atomic mass is 35.5. The molecule has 0 amide bonds. The lowest BCUT2D eigenvalue weighted by Gasteiger charge is -2.06. The van der Waals surface area contributed by atoms with Crippen LogP contribution in [0.3, 0.4) is 0 Å². The van der Waals surface area contributed by atoms with Gasteiger partial charge in [0.1, 0.15) is 5.49 Å². The van der Waals surface area contributed by atoms with E-state index in [1.54, 1.807) is 6.07 Å². The minimum Gasteiger partial charge on any atom is -0.290 e. The second kappa shape index (κ2) is 4.15. The molecule has 4 heteroatoms. The zero-order valence-electron chi connectivity index (χ0n) is 7.84. The lowest BCUT2D eigenvalue weighted by atomic mass is 10.3. The van der Waals surface area contributed by atoms with E-state index < -0.39 is 0 Å². The third-order valence-electron chi connectivity index (χ3n) is 1.99. The van der Waals surface area contributed by atoms with Crippen molar-refractivity contribution in [2.45, 2.75) is 0 Å². The Bertz CT molecular complexity index is 456. The lowest BCUT2D eigenvalue weighted by Crippen LogP contribution is -2.18. The van der Waals surface area contributed by atoms with Crippen molar-refractivity contribution in [1.29, 1.82) is 5.41 Å². The fraction of sp³-hybridized carbons (Fsp3) is 0.100. The van der Waals surface area contributed by atoms with Gasteiger partial charge in [0.05, 0.1) is 5.69 Å². The number of para-hydroxylation sites is 1. The molecule has 2 rings (SSSR count). The van der Waals surface area contributed by atoms with Gasteiger partial charge in [-0.3, -0.25) is 10.1 Å². The number of benzene rings is 1. The molecule has 74 valence electrons. The SMILES string of the molecule is Cl.Cn1ccc(=N)n1-c1ccccc1. The summed E-state index contributed by atoms with van der Waals surface area (Å²) >= 11 is 0. The predicted molar refractivity (Wildman–Crippen MR) is 57.8 cm³/mol. The van der Waals surface area contributed by atoms with Gasteiger partial charge in [-0.25, -0.2) is 4.68 Å². The average molecular weight is 210 g/mol. The van der Waals surface area contributed by atoms with E-state index in [1.807, 2.05) is 52.9 Å². The van der Waals surface area contributed by atoms with Crippen LogP contribution in [0.2, 0.25) is 0 Å². The molecule has 0 unspecified atom stereocenters. The largest absolute Gasteiger partial charge is 0.290 e. The van der Waals surface area contributed by atoms with Crippen LogP contribution < -0.4 is 5.49 Å². The number of hydrogen-bond donors (Lipinski definition) is 1. The van der Waals surface area contributed by atoms with Crippen LogP contribution in [0.4, 0.5) is 0 Å². The summed E-state index contributed by atoms with van der Waals surface area (Å²) in [6.07, 6.45) is 1.87. The second-order valence-corrected chi connectivity index (χ2v) is 2.92. The number of hydrogen-bond acceptors (Lipinski definition) is 1. The molecular formula is C10H12ClN3. The molecule has 2 aromatic rings. The monoisotopic (exact) mass is 209 g/mol. The molecule has 0 aliphatic carbocycles. The molecule has 1 aromatic heterocycles. The molecule has 1 N–H and O–H groups in total. The first-order valence-corrected chi connectivity index (χ1v) is 4.14. The summed E-state index contributed by atoms with van der Waals surface area (Å²) < 4.78 is 3.72. The minimum atomic E-state index is 0. The van der Waals surface area contributed by atoms with Crippen LogP contribution in [0.5, 0.6) is 0 Å². The van der Waals surface area contributed by atoms with Crippen molar-refractivity contribution in [2.24, 2.45) is 7.05 Å². The van der Waals surface area contributed by atoms with Crippen LogP contribution >= 0.6 is 12.4 Å².